The zero-order valence-corrected chi connectivity index (χ0v) is 5.49. The Morgan fingerprint density at radius 1 is 1.56 bits per heavy atom. The molecule has 0 spiro atoms. The fraction of sp³-hybridized carbons (Fsp3) is 1.00. The molecule has 0 aromatic rings. The van der Waals surface area contributed by atoms with E-state index in [0.717, 1.165) is 5.06 Å². The molecule has 0 aliphatic rings. The third-order valence-corrected chi connectivity index (χ3v) is 1.06. The van der Waals surface area contributed by atoms with Crippen LogP contribution in [0.5, 0.6) is 0 Å². The normalized spacial score (nSPS) is 14.3. The average Bonchev–Trinajstić information content (AvgIpc) is 1.87. The first-order valence-corrected chi connectivity index (χ1v) is 2.96. The lowest BCUT2D eigenvalue weighted by atomic mass is 10.4. The van der Waals surface area contributed by atoms with Gasteiger partial charge in [0.1, 0.15) is 6.23 Å². The van der Waals surface area contributed by atoms with Crippen molar-refractivity contribution in [1.29, 1.82) is 0 Å². The van der Waals surface area contributed by atoms with Crippen molar-refractivity contribution in [3.05, 3.63) is 0 Å². The van der Waals surface area contributed by atoms with Crippen molar-refractivity contribution < 1.29 is 15.4 Å². The Morgan fingerprint density at radius 2 is 2.11 bits per heavy atom. The van der Waals surface area contributed by atoms with Crippen LogP contribution in [0.1, 0.15) is 13.3 Å². The Bertz CT molecular complexity index is 69.2. The summed E-state index contributed by atoms with van der Waals surface area (Å²) in [6.07, 6.45) is -0.746. The van der Waals surface area contributed by atoms with Crippen LogP contribution >= 0.6 is 0 Å². The molecule has 56 valence electrons. The van der Waals surface area contributed by atoms with E-state index in [1.807, 2.05) is 0 Å². The first-order chi connectivity index (χ1) is 4.22. The molecule has 1 atom stereocenters. The van der Waals surface area contributed by atoms with Crippen LogP contribution in [-0.4, -0.2) is 39.9 Å². The summed E-state index contributed by atoms with van der Waals surface area (Å²) in [4.78, 5) is 0. The molecule has 1 unspecified atom stereocenters. The Morgan fingerprint density at radius 3 is 2.44 bits per heavy atom. The molecule has 3 N–H and O–H groups in total. The summed E-state index contributed by atoms with van der Waals surface area (Å²) in [6.45, 7) is 1.96. The SMILES string of the molecule is CCN(O)C(O)CCO. The van der Waals surface area contributed by atoms with Crippen LogP contribution in [0, 0.1) is 0 Å². The topological polar surface area (TPSA) is 63.9 Å². The van der Waals surface area contributed by atoms with Gasteiger partial charge < -0.3 is 15.4 Å². The van der Waals surface area contributed by atoms with Gasteiger partial charge in [0.25, 0.3) is 0 Å². The van der Waals surface area contributed by atoms with Crippen molar-refractivity contribution in [1.82, 2.24) is 5.06 Å². The summed E-state index contributed by atoms with van der Waals surface area (Å²) in [5.74, 6) is 0. The van der Waals surface area contributed by atoms with E-state index in [9.17, 15) is 0 Å². The second kappa shape index (κ2) is 4.69. The minimum absolute atomic E-state index is 0.113. The maximum atomic E-state index is 8.83. The minimum Gasteiger partial charge on any atom is -0.396 e. The average molecular weight is 135 g/mol. The van der Waals surface area contributed by atoms with Gasteiger partial charge in [0.05, 0.1) is 0 Å². The highest BCUT2D eigenvalue weighted by Crippen LogP contribution is 1.94. The van der Waals surface area contributed by atoms with Crippen molar-refractivity contribution in [3.63, 3.8) is 0 Å². The molecule has 9 heavy (non-hydrogen) atoms. The van der Waals surface area contributed by atoms with Crippen LogP contribution in [0.2, 0.25) is 0 Å². The van der Waals surface area contributed by atoms with Gasteiger partial charge in [-0.1, -0.05) is 0 Å². The lowest BCUT2D eigenvalue weighted by Crippen LogP contribution is -2.32. The summed E-state index contributed by atoms with van der Waals surface area (Å²) in [5.41, 5.74) is 0. The Kier molecular flexibility index (Phi) is 4.61. The Labute approximate surface area is 54.3 Å². The van der Waals surface area contributed by atoms with E-state index in [1.165, 1.54) is 0 Å². The van der Waals surface area contributed by atoms with E-state index in [4.69, 9.17) is 15.4 Å². The van der Waals surface area contributed by atoms with Gasteiger partial charge in [-0.2, -0.15) is 5.06 Å². The predicted octanol–water partition coefficient (Wildman–Crippen LogP) is -0.602. The van der Waals surface area contributed by atoms with Gasteiger partial charge >= 0.3 is 0 Å². The molecule has 0 saturated carbocycles. The summed E-state index contributed by atoms with van der Waals surface area (Å²) < 4.78 is 0. The predicted molar refractivity (Wildman–Crippen MR) is 31.9 cm³/mol. The lowest BCUT2D eigenvalue weighted by molar-refractivity contribution is -0.197. The van der Waals surface area contributed by atoms with Crippen LogP contribution in [0.3, 0.4) is 0 Å². The van der Waals surface area contributed by atoms with Crippen molar-refractivity contribution >= 4 is 0 Å². The molecule has 4 heteroatoms. The molecule has 0 heterocycles. The standard InChI is InChI=1S/C5H13NO3/c1-2-6(9)5(8)3-4-7/h5,7-9H,2-4H2,1H3. The van der Waals surface area contributed by atoms with Gasteiger partial charge in [-0.25, -0.2) is 0 Å². The smallest absolute Gasteiger partial charge is 0.131 e. The molecule has 0 radical (unpaired) electrons. The third kappa shape index (κ3) is 3.42. The maximum Gasteiger partial charge on any atom is 0.131 e. The molecule has 0 amide bonds. The molecular formula is C5H13NO3. The Hall–Kier alpha value is -0.160. The van der Waals surface area contributed by atoms with Crippen molar-refractivity contribution in [2.24, 2.45) is 0 Å². The molecule has 0 fully saturated rings. The number of nitrogens with zero attached hydrogens (tertiary/aromatic N) is 1. The highest BCUT2D eigenvalue weighted by molar-refractivity contribution is 4.46. The van der Waals surface area contributed by atoms with Gasteiger partial charge in [0, 0.05) is 19.6 Å². The molecule has 0 aromatic heterocycles. The first-order valence-electron chi connectivity index (χ1n) is 2.96. The lowest BCUT2D eigenvalue weighted by Gasteiger charge is -2.17. The number of rotatable bonds is 4. The molecule has 0 rings (SSSR count). The highest BCUT2D eigenvalue weighted by atomic mass is 16.5. The second-order valence-corrected chi connectivity index (χ2v) is 1.75. The zero-order valence-electron chi connectivity index (χ0n) is 5.49. The molecule has 0 aromatic carbocycles. The number of hydroxylamine groups is 2. The van der Waals surface area contributed by atoms with Crippen molar-refractivity contribution in [3.8, 4) is 0 Å². The highest BCUT2D eigenvalue weighted by Gasteiger charge is 2.08. The van der Waals surface area contributed by atoms with Gasteiger partial charge in [-0.3, -0.25) is 0 Å². The van der Waals surface area contributed by atoms with Gasteiger partial charge in [0.2, 0.25) is 0 Å². The van der Waals surface area contributed by atoms with E-state index in [0.29, 0.717) is 6.54 Å². The number of aliphatic hydroxyl groups excluding tert-OH is 2. The van der Waals surface area contributed by atoms with E-state index >= 15 is 0 Å². The molecule has 0 aliphatic heterocycles. The number of hydrogen-bond donors (Lipinski definition) is 3. The quantitative estimate of drug-likeness (QED) is 0.356. The number of aliphatic hydroxyl groups is 2. The monoisotopic (exact) mass is 135 g/mol. The fourth-order valence-electron chi connectivity index (χ4n) is 0.475. The van der Waals surface area contributed by atoms with E-state index in [-0.39, 0.29) is 13.0 Å². The molecule has 0 bridgehead atoms. The van der Waals surface area contributed by atoms with Gasteiger partial charge in [0.15, 0.2) is 0 Å². The van der Waals surface area contributed by atoms with Gasteiger partial charge in [-0.05, 0) is 6.92 Å². The fourth-order valence-corrected chi connectivity index (χ4v) is 0.475. The van der Waals surface area contributed by atoms with Crippen LogP contribution in [0.25, 0.3) is 0 Å². The maximum absolute atomic E-state index is 8.83. The van der Waals surface area contributed by atoms with Gasteiger partial charge in [-0.15, -0.1) is 0 Å². The van der Waals surface area contributed by atoms with Crippen molar-refractivity contribution in [2.45, 2.75) is 19.6 Å². The molecule has 0 saturated heterocycles. The van der Waals surface area contributed by atoms with Crippen LogP contribution in [0.15, 0.2) is 0 Å². The van der Waals surface area contributed by atoms with Crippen LogP contribution in [-0.2, 0) is 0 Å². The summed E-state index contributed by atoms with van der Waals surface area (Å²) >= 11 is 0. The third-order valence-electron chi connectivity index (χ3n) is 1.06. The van der Waals surface area contributed by atoms with E-state index in [1.54, 1.807) is 6.92 Å². The van der Waals surface area contributed by atoms with E-state index in [2.05, 4.69) is 0 Å². The Balaban J connectivity index is 3.32. The second-order valence-electron chi connectivity index (χ2n) is 1.75. The van der Waals surface area contributed by atoms with Crippen LogP contribution in [0.4, 0.5) is 0 Å². The summed E-state index contributed by atoms with van der Waals surface area (Å²) in [5, 5.41) is 26.6. The molecular weight excluding hydrogens is 122 g/mol. The summed E-state index contributed by atoms with van der Waals surface area (Å²) in [6, 6.07) is 0. The van der Waals surface area contributed by atoms with Crippen LogP contribution < -0.4 is 0 Å². The zero-order chi connectivity index (χ0) is 7.28. The first kappa shape index (κ1) is 8.84. The molecule has 4 nitrogen and oxygen atoms in total. The number of hydrogen-bond acceptors (Lipinski definition) is 4. The minimum atomic E-state index is -0.931. The van der Waals surface area contributed by atoms with E-state index < -0.39 is 6.23 Å². The van der Waals surface area contributed by atoms with Crippen molar-refractivity contribution in [2.75, 3.05) is 13.2 Å². The largest absolute Gasteiger partial charge is 0.396 e. The summed E-state index contributed by atoms with van der Waals surface area (Å²) in [7, 11) is 0. The molecule has 0 aliphatic carbocycles.